The van der Waals surface area contributed by atoms with Gasteiger partial charge >= 0.3 is 0 Å². The highest BCUT2D eigenvalue weighted by Gasteiger charge is 2.03. The number of halogens is 2. The first kappa shape index (κ1) is 14.4. The van der Waals surface area contributed by atoms with Crippen molar-refractivity contribution in [3.8, 4) is 5.75 Å². The summed E-state index contributed by atoms with van der Waals surface area (Å²) < 4.78 is 6.29. The summed E-state index contributed by atoms with van der Waals surface area (Å²) in [6.07, 6.45) is 0. The second-order valence-electron chi connectivity index (χ2n) is 4.15. The van der Waals surface area contributed by atoms with Crippen molar-refractivity contribution in [1.29, 1.82) is 0 Å². The molecular weight excluding hydrogens is 326 g/mol. The molecule has 1 N–H and O–H groups in total. The average Bonchev–Trinajstić information content (AvgIpc) is 2.43. The number of rotatable bonds is 5. The van der Waals surface area contributed by atoms with Crippen molar-refractivity contribution in [2.45, 2.75) is 13.1 Å². The number of hydrogen-bond donors (Lipinski definition) is 1. The highest BCUT2D eigenvalue weighted by atomic mass is 79.9. The summed E-state index contributed by atoms with van der Waals surface area (Å²) in [4.78, 5) is 0. The number of nitrogens with one attached hydrogen (secondary N) is 1. The topological polar surface area (TPSA) is 21.3 Å². The third-order valence-electron chi connectivity index (χ3n) is 2.84. The summed E-state index contributed by atoms with van der Waals surface area (Å²) in [5.41, 5.74) is 2.26. The van der Waals surface area contributed by atoms with Crippen LogP contribution in [-0.2, 0) is 13.1 Å². The first-order valence-corrected chi connectivity index (χ1v) is 7.14. The largest absolute Gasteiger partial charge is 0.497 e. The maximum atomic E-state index is 6.12. The zero-order valence-electron chi connectivity index (χ0n) is 10.6. The van der Waals surface area contributed by atoms with Crippen LogP contribution in [0.1, 0.15) is 11.1 Å². The molecule has 100 valence electrons. The summed E-state index contributed by atoms with van der Waals surface area (Å²) in [7, 11) is 1.67. The molecule has 0 unspecified atom stereocenters. The first-order valence-electron chi connectivity index (χ1n) is 5.97. The van der Waals surface area contributed by atoms with Gasteiger partial charge in [-0.1, -0.05) is 45.7 Å². The van der Waals surface area contributed by atoms with E-state index in [1.165, 1.54) is 0 Å². The highest BCUT2D eigenvalue weighted by molar-refractivity contribution is 9.10. The molecule has 19 heavy (non-hydrogen) atoms. The fourth-order valence-corrected chi connectivity index (χ4v) is 2.38. The second kappa shape index (κ2) is 6.94. The van der Waals surface area contributed by atoms with Crippen LogP contribution in [0, 0.1) is 0 Å². The number of methoxy groups -OCH3 is 1. The first-order chi connectivity index (χ1) is 9.20. The molecule has 2 aromatic carbocycles. The number of ether oxygens (including phenoxy) is 1. The maximum Gasteiger partial charge on any atom is 0.119 e. The van der Waals surface area contributed by atoms with E-state index in [-0.39, 0.29) is 0 Å². The van der Waals surface area contributed by atoms with Gasteiger partial charge in [-0.25, -0.2) is 0 Å². The van der Waals surface area contributed by atoms with E-state index in [2.05, 4.69) is 21.2 Å². The van der Waals surface area contributed by atoms with Gasteiger partial charge in [0.15, 0.2) is 0 Å². The van der Waals surface area contributed by atoms with E-state index in [4.69, 9.17) is 16.3 Å². The predicted molar refractivity (Wildman–Crippen MR) is 82.7 cm³/mol. The molecule has 0 aliphatic rings. The average molecular weight is 341 g/mol. The van der Waals surface area contributed by atoms with Crippen molar-refractivity contribution in [1.82, 2.24) is 5.32 Å². The van der Waals surface area contributed by atoms with Gasteiger partial charge in [-0.15, -0.1) is 0 Å². The van der Waals surface area contributed by atoms with E-state index < -0.39 is 0 Å². The van der Waals surface area contributed by atoms with Gasteiger partial charge < -0.3 is 10.1 Å². The van der Waals surface area contributed by atoms with E-state index in [1.807, 2.05) is 42.5 Å². The van der Waals surface area contributed by atoms with E-state index in [0.29, 0.717) is 0 Å². The minimum absolute atomic E-state index is 0.739. The molecule has 0 aliphatic carbocycles. The van der Waals surface area contributed by atoms with E-state index in [9.17, 15) is 0 Å². The Morgan fingerprint density at radius 3 is 2.58 bits per heavy atom. The van der Waals surface area contributed by atoms with Crippen molar-refractivity contribution in [2.75, 3.05) is 7.11 Å². The standard InChI is InChI=1S/C15H15BrClNO/c1-19-13-6-7-14(16)12(8-13)10-18-9-11-4-2-3-5-15(11)17/h2-8,18H,9-10H2,1H3. The highest BCUT2D eigenvalue weighted by Crippen LogP contribution is 2.22. The minimum Gasteiger partial charge on any atom is -0.497 e. The molecule has 0 saturated heterocycles. The molecule has 0 amide bonds. The van der Waals surface area contributed by atoms with Crippen molar-refractivity contribution in [3.63, 3.8) is 0 Å². The van der Waals surface area contributed by atoms with Crippen molar-refractivity contribution in [2.24, 2.45) is 0 Å². The molecule has 4 heteroatoms. The summed E-state index contributed by atoms with van der Waals surface area (Å²) >= 11 is 9.65. The predicted octanol–water partition coefficient (Wildman–Crippen LogP) is 4.40. The van der Waals surface area contributed by atoms with Crippen LogP contribution in [-0.4, -0.2) is 7.11 Å². The molecule has 2 rings (SSSR count). The van der Waals surface area contributed by atoms with Crippen molar-refractivity contribution < 1.29 is 4.74 Å². The Morgan fingerprint density at radius 2 is 1.84 bits per heavy atom. The van der Waals surface area contributed by atoms with Crippen LogP contribution < -0.4 is 10.1 Å². The van der Waals surface area contributed by atoms with Gasteiger partial charge in [-0.05, 0) is 35.4 Å². The molecule has 0 bridgehead atoms. The molecule has 0 atom stereocenters. The monoisotopic (exact) mass is 339 g/mol. The molecule has 2 aromatic rings. The van der Waals surface area contributed by atoms with E-state index in [0.717, 1.165) is 39.5 Å². The van der Waals surface area contributed by atoms with Crippen LogP contribution in [0.4, 0.5) is 0 Å². The number of benzene rings is 2. The molecule has 0 saturated carbocycles. The van der Waals surface area contributed by atoms with Gasteiger partial charge in [0.2, 0.25) is 0 Å². The lowest BCUT2D eigenvalue weighted by Gasteiger charge is -2.09. The Balaban J connectivity index is 1.98. The van der Waals surface area contributed by atoms with Crippen molar-refractivity contribution >= 4 is 27.5 Å². The van der Waals surface area contributed by atoms with E-state index >= 15 is 0 Å². The Kier molecular flexibility index (Phi) is 5.25. The Hall–Kier alpha value is -1.03. The molecular formula is C15H15BrClNO. The molecule has 0 fully saturated rings. The third-order valence-corrected chi connectivity index (χ3v) is 3.98. The lowest BCUT2D eigenvalue weighted by Crippen LogP contribution is -2.13. The third kappa shape index (κ3) is 3.96. The zero-order chi connectivity index (χ0) is 13.7. The van der Waals surface area contributed by atoms with Crippen molar-refractivity contribution in [3.05, 3.63) is 63.1 Å². The summed E-state index contributed by atoms with van der Waals surface area (Å²) in [6, 6.07) is 13.8. The molecule has 0 aliphatic heterocycles. The lowest BCUT2D eigenvalue weighted by atomic mass is 10.2. The van der Waals surface area contributed by atoms with Gasteiger partial charge in [-0.3, -0.25) is 0 Å². The van der Waals surface area contributed by atoms with Gasteiger partial charge in [0.05, 0.1) is 7.11 Å². The van der Waals surface area contributed by atoms with Crippen LogP contribution in [0.15, 0.2) is 46.9 Å². The summed E-state index contributed by atoms with van der Waals surface area (Å²) in [6.45, 7) is 1.49. The fraction of sp³-hybridized carbons (Fsp3) is 0.200. The Bertz CT molecular complexity index is 560. The quantitative estimate of drug-likeness (QED) is 0.871. The molecule has 0 radical (unpaired) electrons. The van der Waals surface area contributed by atoms with Crippen LogP contribution in [0.25, 0.3) is 0 Å². The van der Waals surface area contributed by atoms with Gasteiger partial charge in [0.25, 0.3) is 0 Å². The molecule has 0 heterocycles. The second-order valence-corrected chi connectivity index (χ2v) is 5.41. The molecule has 2 nitrogen and oxygen atoms in total. The molecule has 0 aromatic heterocycles. The smallest absolute Gasteiger partial charge is 0.119 e. The Labute approximate surface area is 126 Å². The van der Waals surface area contributed by atoms with Crippen LogP contribution in [0.2, 0.25) is 5.02 Å². The number of hydrogen-bond acceptors (Lipinski definition) is 2. The van der Waals surface area contributed by atoms with Gasteiger partial charge in [0, 0.05) is 22.6 Å². The van der Waals surface area contributed by atoms with Gasteiger partial charge in [-0.2, -0.15) is 0 Å². The van der Waals surface area contributed by atoms with Gasteiger partial charge in [0.1, 0.15) is 5.75 Å². The Morgan fingerprint density at radius 1 is 1.11 bits per heavy atom. The van der Waals surface area contributed by atoms with Crippen LogP contribution in [0.3, 0.4) is 0 Å². The van der Waals surface area contributed by atoms with E-state index in [1.54, 1.807) is 7.11 Å². The minimum atomic E-state index is 0.739. The summed E-state index contributed by atoms with van der Waals surface area (Å²) in [5.74, 6) is 0.859. The maximum absolute atomic E-state index is 6.12. The lowest BCUT2D eigenvalue weighted by molar-refractivity contribution is 0.414. The zero-order valence-corrected chi connectivity index (χ0v) is 13.0. The van der Waals surface area contributed by atoms with Crippen LogP contribution >= 0.6 is 27.5 Å². The molecule has 0 spiro atoms. The summed E-state index contributed by atoms with van der Waals surface area (Å²) in [5, 5.41) is 4.17. The fourth-order valence-electron chi connectivity index (χ4n) is 1.79. The van der Waals surface area contributed by atoms with Crippen LogP contribution in [0.5, 0.6) is 5.75 Å². The normalized spacial score (nSPS) is 10.5. The SMILES string of the molecule is COc1ccc(Br)c(CNCc2ccccc2Cl)c1.